The summed E-state index contributed by atoms with van der Waals surface area (Å²) in [5.74, 6) is 1.97. The van der Waals surface area contributed by atoms with Crippen LogP contribution in [-0.2, 0) is 0 Å². The number of alkyl halides is 1. The predicted molar refractivity (Wildman–Crippen MR) is 35.1 cm³/mol. The highest BCUT2D eigenvalue weighted by Gasteiger charge is 2.40. The second-order valence-electron chi connectivity index (χ2n) is 3.09. The minimum atomic E-state index is 0.550. The van der Waals surface area contributed by atoms with Crippen molar-refractivity contribution < 1.29 is 0 Å². The summed E-state index contributed by atoms with van der Waals surface area (Å²) in [6.45, 7) is 0. The molecule has 0 unspecified atom stereocenters. The van der Waals surface area contributed by atoms with Crippen molar-refractivity contribution in [3.05, 3.63) is 0 Å². The fraction of sp³-hybridized carbons (Fsp3) is 1.00. The molecule has 3 atom stereocenters. The zero-order chi connectivity index (χ0) is 5.56. The summed E-state index contributed by atoms with van der Waals surface area (Å²) in [5.41, 5.74) is 0. The van der Waals surface area contributed by atoms with Gasteiger partial charge >= 0.3 is 0 Å². The number of rotatable bonds is 0. The second kappa shape index (κ2) is 1.63. The summed E-state index contributed by atoms with van der Waals surface area (Å²) in [4.78, 5) is 0. The lowest BCUT2D eigenvalue weighted by molar-refractivity contribution is 0.221. The highest BCUT2D eigenvalue weighted by molar-refractivity contribution is 6.21. The highest BCUT2D eigenvalue weighted by Crippen LogP contribution is 2.48. The van der Waals surface area contributed by atoms with E-state index in [2.05, 4.69) is 0 Å². The van der Waals surface area contributed by atoms with Gasteiger partial charge in [-0.15, -0.1) is 11.6 Å². The quantitative estimate of drug-likeness (QED) is 0.442. The van der Waals surface area contributed by atoms with Crippen LogP contribution in [0.25, 0.3) is 0 Å². The van der Waals surface area contributed by atoms with Gasteiger partial charge in [0.05, 0.1) is 0 Å². The Morgan fingerprint density at radius 1 is 1.00 bits per heavy atom. The van der Waals surface area contributed by atoms with E-state index in [-0.39, 0.29) is 0 Å². The average molecular weight is 131 g/mol. The number of fused-ring (bicyclic) bond motifs is 1. The Morgan fingerprint density at radius 2 is 1.75 bits per heavy atom. The zero-order valence-corrected chi connectivity index (χ0v) is 5.69. The minimum Gasteiger partial charge on any atom is -0.123 e. The predicted octanol–water partition coefficient (Wildman–Crippen LogP) is 2.41. The monoisotopic (exact) mass is 130 g/mol. The van der Waals surface area contributed by atoms with Gasteiger partial charge in [-0.05, 0) is 37.5 Å². The molecule has 0 nitrogen and oxygen atoms in total. The van der Waals surface area contributed by atoms with Crippen molar-refractivity contribution in [2.45, 2.75) is 31.1 Å². The zero-order valence-electron chi connectivity index (χ0n) is 4.94. The lowest BCUT2D eigenvalue weighted by atomic mass is 9.76. The number of hydrogen-bond acceptors (Lipinski definition) is 0. The molecular formula is C7H11Cl. The van der Waals surface area contributed by atoms with Gasteiger partial charge in [-0.3, -0.25) is 0 Å². The molecule has 8 heavy (non-hydrogen) atoms. The first kappa shape index (κ1) is 5.10. The minimum absolute atomic E-state index is 0.550. The molecule has 0 N–H and O–H groups in total. The van der Waals surface area contributed by atoms with Gasteiger partial charge in [0.2, 0.25) is 0 Å². The Kier molecular flexibility index (Phi) is 1.04. The molecule has 2 rings (SSSR count). The van der Waals surface area contributed by atoms with Crippen molar-refractivity contribution >= 4 is 11.6 Å². The third-order valence-electron chi connectivity index (χ3n) is 2.75. The fourth-order valence-electron chi connectivity index (χ4n) is 2.02. The van der Waals surface area contributed by atoms with Gasteiger partial charge in [-0.25, -0.2) is 0 Å². The van der Waals surface area contributed by atoms with Crippen molar-refractivity contribution in [2.24, 2.45) is 11.8 Å². The SMILES string of the molecule is Cl[C@H]1CC[C@@H]2CC[C@@H]21. The first-order valence-corrected chi connectivity index (χ1v) is 3.95. The molecule has 0 aliphatic heterocycles. The Labute approximate surface area is 55.2 Å². The summed E-state index contributed by atoms with van der Waals surface area (Å²) >= 11 is 6.01. The molecule has 0 saturated heterocycles. The van der Waals surface area contributed by atoms with E-state index in [0.717, 1.165) is 11.8 Å². The molecule has 0 aromatic carbocycles. The maximum atomic E-state index is 6.01. The van der Waals surface area contributed by atoms with E-state index in [1.807, 2.05) is 0 Å². The lowest BCUT2D eigenvalue weighted by Gasteiger charge is -2.31. The van der Waals surface area contributed by atoms with Crippen LogP contribution in [0.4, 0.5) is 0 Å². The average Bonchev–Trinajstić information content (AvgIpc) is 1.80. The number of halogens is 1. The second-order valence-corrected chi connectivity index (χ2v) is 3.66. The van der Waals surface area contributed by atoms with Crippen molar-refractivity contribution in [3.63, 3.8) is 0 Å². The van der Waals surface area contributed by atoms with Crippen LogP contribution in [-0.4, -0.2) is 5.38 Å². The molecule has 0 aromatic rings. The van der Waals surface area contributed by atoms with E-state index in [9.17, 15) is 0 Å². The Bertz CT molecular complexity index is 94.6. The molecule has 2 saturated carbocycles. The van der Waals surface area contributed by atoms with Gasteiger partial charge in [0.25, 0.3) is 0 Å². The summed E-state index contributed by atoms with van der Waals surface area (Å²) in [6, 6.07) is 0. The molecule has 46 valence electrons. The van der Waals surface area contributed by atoms with Crippen LogP contribution in [0.2, 0.25) is 0 Å². The summed E-state index contributed by atoms with van der Waals surface area (Å²) in [6.07, 6.45) is 5.59. The van der Waals surface area contributed by atoms with Crippen molar-refractivity contribution in [2.75, 3.05) is 0 Å². The standard InChI is InChI=1S/C7H11Cl/c8-7-4-2-5-1-3-6(5)7/h5-7H,1-4H2/t5-,6-,7-/m0/s1. The van der Waals surface area contributed by atoms with Gasteiger partial charge in [-0.1, -0.05) is 0 Å². The Hall–Kier alpha value is 0.290. The Balaban J connectivity index is 2.05. The molecule has 2 aliphatic rings. The smallest absolute Gasteiger partial charge is 0.0367 e. The van der Waals surface area contributed by atoms with Gasteiger partial charge in [0.15, 0.2) is 0 Å². The molecule has 1 heteroatoms. The first-order valence-electron chi connectivity index (χ1n) is 3.52. The van der Waals surface area contributed by atoms with E-state index in [1.54, 1.807) is 0 Å². The third-order valence-corrected chi connectivity index (χ3v) is 3.30. The number of hydrogen-bond donors (Lipinski definition) is 0. The first-order chi connectivity index (χ1) is 3.88. The van der Waals surface area contributed by atoms with Gasteiger partial charge in [0, 0.05) is 5.38 Å². The van der Waals surface area contributed by atoms with Gasteiger partial charge < -0.3 is 0 Å². The third kappa shape index (κ3) is 0.526. The van der Waals surface area contributed by atoms with Crippen molar-refractivity contribution in [3.8, 4) is 0 Å². The molecule has 2 fully saturated rings. The van der Waals surface area contributed by atoms with Crippen LogP contribution >= 0.6 is 11.6 Å². The van der Waals surface area contributed by atoms with E-state index < -0.39 is 0 Å². The summed E-state index contributed by atoms with van der Waals surface area (Å²) in [7, 11) is 0. The van der Waals surface area contributed by atoms with Gasteiger partial charge in [-0.2, -0.15) is 0 Å². The largest absolute Gasteiger partial charge is 0.123 e. The summed E-state index contributed by atoms with van der Waals surface area (Å²) < 4.78 is 0. The summed E-state index contributed by atoms with van der Waals surface area (Å²) in [5, 5.41) is 0.550. The van der Waals surface area contributed by atoms with Crippen LogP contribution in [0.1, 0.15) is 25.7 Å². The molecule has 0 bridgehead atoms. The topological polar surface area (TPSA) is 0 Å². The molecular weight excluding hydrogens is 120 g/mol. The van der Waals surface area contributed by atoms with E-state index in [1.165, 1.54) is 25.7 Å². The molecule has 0 amide bonds. The van der Waals surface area contributed by atoms with Crippen LogP contribution < -0.4 is 0 Å². The maximum Gasteiger partial charge on any atom is 0.0367 e. The maximum absolute atomic E-state index is 6.01. The van der Waals surface area contributed by atoms with Crippen molar-refractivity contribution in [1.29, 1.82) is 0 Å². The molecule has 0 spiro atoms. The Morgan fingerprint density at radius 3 is 2.00 bits per heavy atom. The highest BCUT2D eigenvalue weighted by atomic mass is 35.5. The molecule has 2 aliphatic carbocycles. The van der Waals surface area contributed by atoms with Crippen LogP contribution in [0, 0.1) is 11.8 Å². The van der Waals surface area contributed by atoms with Crippen molar-refractivity contribution in [1.82, 2.24) is 0 Å². The van der Waals surface area contributed by atoms with Crippen LogP contribution in [0.15, 0.2) is 0 Å². The van der Waals surface area contributed by atoms with Gasteiger partial charge in [0.1, 0.15) is 0 Å². The lowest BCUT2D eigenvalue weighted by Crippen LogP contribution is -2.24. The van der Waals surface area contributed by atoms with E-state index >= 15 is 0 Å². The molecule has 0 radical (unpaired) electrons. The normalized spacial score (nSPS) is 52.9. The fourth-order valence-corrected chi connectivity index (χ4v) is 2.47. The molecule has 0 heterocycles. The van der Waals surface area contributed by atoms with Crippen LogP contribution in [0.3, 0.4) is 0 Å². The van der Waals surface area contributed by atoms with E-state index in [4.69, 9.17) is 11.6 Å². The van der Waals surface area contributed by atoms with Crippen LogP contribution in [0.5, 0.6) is 0 Å². The van der Waals surface area contributed by atoms with E-state index in [0.29, 0.717) is 5.38 Å². The molecule has 0 aromatic heterocycles.